The van der Waals surface area contributed by atoms with Crippen molar-refractivity contribution >= 4 is 23.4 Å². The van der Waals surface area contributed by atoms with Gasteiger partial charge in [-0.25, -0.2) is 0 Å². The van der Waals surface area contributed by atoms with Crippen molar-refractivity contribution in [2.75, 3.05) is 0 Å². The normalized spacial score (nSPS) is 12.2. The summed E-state index contributed by atoms with van der Waals surface area (Å²) in [6.07, 6.45) is 6.98. The predicted molar refractivity (Wildman–Crippen MR) is 129 cm³/mol. The van der Waals surface area contributed by atoms with Gasteiger partial charge >= 0.3 is 0 Å². The summed E-state index contributed by atoms with van der Waals surface area (Å²) in [7, 11) is 0. The smallest absolute Gasteiger partial charge is 0.120 e. The van der Waals surface area contributed by atoms with Gasteiger partial charge in [0.2, 0.25) is 0 Å². The molecule has 30 heavy (non-hydrogen) atoms. The van der Waals surface area contributed by atoms with E-state index >= 15 is 0 Å². The van der Waals surface area contributed by atoms with Gasteiger partial charge in [-0.15, -0.1) is 0 Å². The molecule has 0 bridgehead atoms. The monoisotopic (exact) mass is 437 g/mol. The summed E-state index contributed by atoms with van der Waals surface area (Å²) in [4.78, 5) is 2.25. The van der Waals surface area contributed by atoms with E-state index < -0.39 is 0 Å². The molecule has 156 valence electrons. The third-order valence-electron chi connectivity index (χ3n) is 4.74. The van der Waals surface area contributed by atoms with Gasteiger partial charge in [0.15, 0.2) is 0 Å². The van der Waals surface area contributed by atoms with Gasteiger partial charge < -0.3 is 10.5 Å². The molecule has 0 amide bonds. The van der Waals surface area contributed by atoms with Crippen LogP contribution in [-0.4, -0.2) is 6.04 Å². The maximum atomic E-state index is 6.54. The highest BCUT2D eigenvalue weighted by Crippen LogP contribution is 2.33. The average Bonchev–Trinajstić information content (AvgIpc) is 2.75. The average molecular weight is 438 g/mol. The molecule has 3 aromatic carbocycles. The molecule has 4 heteroatoms. The van der Waals surface area contributed by atoms with Crippen molar-refractivity contribution in [3.8, 4) is 5.75 Å². The lowest BCUT2D eigenvalue weighted by molar-refractivity contribution is 0.305. The molecular formula is C26H28ClNOS. The second kappa shape index (κ2) is 11.8. The Balaban J connectivity index is 1.56. The number of nitrogens with two attached hydrogens (primary N) is 1. The van der Waals surface area contributed by atoms with Crippen molar-refractivity contribution in [1.29, 1.82) is 0 Å². The van der Waals surface area contributed by atoms with Crippen LogP contribution in [0.2, 0.25) is 5.02 Å². The topological polar surface area (TPSA) is 35.2 Å². The van der Waals surface area contributed by atoms with Crippen LogP contribution in [0.3, 0.4) is 0 Å². The van der Waals surface area contributed by atoms with Gasteiger partial charge in [0.25, 0.3) is 0 Å². The van der Waals surface area contributed by atoms with Crippen LogP contribution in [0, 0.1) is 0 Å². The van der Waals surface area contributed by atoms with Crippen molar-refractivity contribution in [1.82, 2.24) is 0 Å². The van der Waals surface area contributed by atoms with E-state index in [0.717, 1.165) is 45.4 Å². The van der Waals surface area contributed by atoms with E-state index in [-0.39, 0.29) is 6.04 Å². The number of aryl methyl sites for hydroxylation is 1. The zero-order valence-corrected chi connectivity index (χ0v) is 18.8. The molecule has 0 radical (unpaired) electrons. The van der Waals surface area contributed by atoms with E-state index in [0.29, 0.717) is 6.61 Å². The maximum Gasteiger partial charge on any atom is 0.120 e. The second-order valence-corrected chi connectivity index (χ2v) is 8.74. The third-order valence-corrected chi connectivity index (χ3v) is 6.07. The first-order valence-electron chi connectivity index (χ1n) is 10.3. The molecule has 1 atom stereocenters. The molecule has 0 saturated heterocycles. The Kier molecular flexibility index (Phi) is 8.88. The number of hydrogen-bond acceptors (Lipinski definition) is 3. The highest BCUT2D eigenvalue weighted by Gasteiger charge is 2.06. The van der Waals surface area contributed by atoms with Crippen molar-refractivity contribution in [3.63, 3.8) is 0 Å². The fraction of sp³-hybridized carbons (Fsp3) is 0.231. The first kappa shape index (κ1) is 22.5. The molecule has 3 rings (SSSR count). The number of hydrogen-bond donors (Lipinski definition) is 1. The second-order valence-electron chi connectivity index (χ2n) is 7.19. The lowest BCUT2D eigenvalue weighted by Crippen LogP contribution is -2.16. The third kappa shape index (κ3) is 7.24. The standard InChI is InChI=1S/C26H28ClNOS/c1-2-8-22(28)12-6-11-21-15-16-25(18-26(21)27)30-24-14-7-13-23(17-24)29-19-20-9-4-3-5-10-20/h2-5,7-10,13-18,22H,6,11-12,19,28H2,1H3/b8-2+. The number of benzene rings is 3. The van der Waals surface area contributed by atoms with E-state index in [4.69, 9.17) is 22.1 Å². The van der Waals surface area contributed by atoms with Gasteiger partial charge in [0.1, 0.15) is 12.4 Å². The zero-order valence-electron chi connectivity index (χ0n) is 17.3. The highest BCUT2D eigenvalue weighted by atomic mass is 35.5. The van der Waals surface area contributed by atoms with Crippen LogP contribution >= 0.6 is 23.4 Å². The molecular weight excluding hydrogens is 410 g/mol. The van der Waals surface area contributed by atoms with Gasteiger partial charge in [-0.05, 0) is 67.6 Å². The minimum atomic E-state index is 0.125. The number of halogens is 1. The van der Waals surface area contributed by atoms with E-state index in [1.54, 1.807) is 11.8 Å². The summed E-state index contributed by atoms with van der Waals surface area (Å²) in [6, 6.07) is 24.8. The first-order chi connectivity index (χ1) is 14.6. The maximum absolute atomic E-state index is 6.54. The van der Waals surface area contributed by atoms with Gasteiger partial charge in [-0.1, -0.05) is 78.0 Å². The minimum Gasteiger partial charge on any atom is -0.489 e. The molecule has 0 aliphatic rings. The summed E-state index contributed by atoms with van der Waals surface area (Å²) in [5, 5.41) is 0.816. The quantitative estimate of drug-likeness (QED) is 0.338. The Morgan fingerprint density at radius 3 is 2.57 bits per heavy atom. The van der Waals surface area contributed by atoms with Gasteiger partial charge in [-0.2, -0.15) is 0 Å². The molecule has 0 fully saturated rings. The van der Waals surface area contributed by atoms with E-state index in [1.165, 1.54) is 5.56 Å². The molecule has 2 N–H and O–H groups in total. The van der Waals surface area contributed by atoms with Crippen LogP contribution in [0.25, 0.3) is 0 Å². The highest BCUT2D eigenvalue weighted by molar-refractivity contribution is 7.99. The van der Waals surface area contributed by atoms with E-state index in [1.807, 2.05) is 55.5 Å². The largest absolute Gasteiger partial charge is 0.489 e. The summed E-state index contributed by atoms with van der Waals surface area (Å²) in [5.41, 5.74) is 8.36. The van der Waals surface area contributed by atoms with Crippen LogP contribution in [0.1, 0.15) is 30.9 Å². The summed E-state index contributed by atoms with van der Waals surface area (Å²) < 4.78 is 5.94. The van der Waals surface area contributed by atoms with E-state index in [2.05, 4.69) is 36.4 Å². The van der Waals surface area contributed by atoms with Crippen molar-refractivity contribution < 1.29 is 4.74 Å². The predicted octanol–water partition coefficient (Wildman–Crippen LogP) is 7.30. The first-order valence-corrected chi connectivity index (χ1v) is 11.4. The van der Waals surface area contributed by atoms with Crippen molar-refractivity contribution in [3.05, 3.63) is 101 Å². The summed E-state index contributed by atoms with van der Waals surface area (Å²) in [6.45, 7) is 2.56. The van der Waals surface area contributed by atoms with E-state index in [9.17, 15) is 0 Å². The number of allylic oxidation sites excluding steroid dienone is 1. The number of ether oxygens (including phenoxy) is 1. The van der Waals surface area contributed by atoms with Gasteiger partial charge in [0, 0.05) is 20.9 Å². The van der Waals surface area contributed by atoms with Crippen LogP contribution in [0.15, 0.2) is 94.7 Å². The Morgan fingerprint density at radius 1 is 1.00 bits per heavy atom. The summed E-state index contributed by atoms with van der Waals surface area (Å²) >= 11 is 8.23. The fourth-order valence-electron chi connectivity index (χ4n) is 3.17. The molecule has 0 saturated carbocycles. The zero-order chi connectivity index (χ0) is 21.2. The van der Waals surface area contributed by atoms with Crippen molar-refractivity contribution in [2.45, 2.75) is 48.6 Å². The molecule has 0 heterocycles. The molecule has 3 aromatic rings. The molecule has 0 spiro atoms. The SMILES string of the molecule is C/C=C/C(N)CCCc1ccc(Sc2cccc(OCc3ccccc3)c2)cc1Cl. The van der Waals surface area contributed by atoms with Gasteiger partial charge in [0.05, 0.1) is 0 Å². The Hall–Kier alpha value is -2.20. The van der Waals surface area contributed by atoms with Crippen LogP contribution < -0.4 is 10.5 Å². The fourth-order valence-corrected chi connectivity index (χ4v) is 4.42. The Labute approximate surface area is 189 Å². The lowest BCUT2D eigenvalue weighted by Gasteiger charge is -2.10. The van der Waals surface area contributed by atoms with Crippen LogP contribution in [0.4, 0.5) is 0 Å². The summed E-state index contributed by atoms with van der Waals surface area (Å²) in [5.74, 6) is 0.865. The minimum absolute atomic E-state index is 0.125. The van der Waals surface area contributed by atoms with Crippen molar-refractivity contribution in [2.24, 2.45) is 5.73 Å². The number of rotatable bonds is 10. The molecule has 1 unspecified atom stereocenters. The molecule has 0 aliphatic carbocycles. The van der Waals surface area contributed by atoms with Crippen LogP contribution in [0.5, 0.6) is 5.75 Å². The van der Waals surface area contributed by atoms with Crippen LogP contribution in [-0.2, 0) is 13.0 Å². The lowest BCUT2D eigenvalue weighted by atomic mass is 10.0. The molecule has 2 nitrogen and oxygen atoms in total. The van der Waals surface area contributed by atoms with Gasteiger partial charge in [-0.3, -0.25) is 0 Å². The Morgan fingerprint density at radius 2 is 1.80 bits per heavy atom. The Bertz CT molecular complexity index is 958. The molecule has 0 aromatic heterocycles. The molecule has 0 aliphatic heterocycles.